The fraction of sp³-hybridized carbons (Fsp3) is 0.273. The third kappa shape index (κ3) is 4.54. The van der Waals surface area contributed by atoms with Gasteiger partial charge in [0, 0.05) is 23.5 Å². The first kappa shape index (κ1) is 19.1. The molecule has 3 aromatic rings. The third-order valence-electron chi connectivity index (χ3n) is 4.71. The summed E-state index contributed by atoms with van der Waals surface area (Å²) in [4.78, 5) is 7.21. The summed E-state index contributed by atoms with van der Waals surface area (Å²) < 4.78 is 5.31. The largest absolute Gasteiger partial charge is 0.497 e. The summed E-state index contributed by atoms with van der Waals surface area (Å²) in [5.41, 5.74) is 4.05. The summed E-state index contributed by atoms with van der Waals surface area (Å²) in [5.74, 6) is 0.842. The molecule has 1 heterocycles. The van der Waals surface area contributed by atoms with Crippen LogP contribution in [0, 0.1) is 11.3 Å². The number of rotatable bonds is 7. The monoisotopic (exact) mass is 377 g/mol. The molecule has 0 fully saturated rings. The van der Waals surface area contributed by atoms with E-state index in [2.05, 4.69) is 36.3 Å². The number of aromatic nitrogens is 1. The minimum Gasteiger partial charge on any atom is -0.497 e. The van der Waals surface area contributed by atoms with E-state index in [4.69, 9.17) is 15.0 Å². The van der Waals surface area contributed by atoms with E-state index in [1.807, 2.05) is 42.5 Å². The van der Waals surface area contributed by atoms with Crippen LogP contribution < -0.4 is 4.74 Å². The van der Waals surface area contributed by atoms with Gasteiger partial charge >= 0.3 is 0 Å². The van der Waals surface area contributed by atoms with E-state index in [9.17, 15) is 0 Å². The van der Waals surface area contributed by atoms with Crippen molar-refractivity contribution in [2.24, 2.45) is 0 Å². The number of thiazole rings is 1. The molecule has 0 saturated heterocycles. The Morgan fingerprint density at radius 2 is 2.00 bits per heavy atom. The summed E-state index contributed by atoms with van der Waals surface area (Å²) in [7, 11) is 1.68. The van der Waals surface area contributed by atoms with Crippen LogP contribution in [0.4, 0.5) is 0 Å². The molecule has 0 aliphatic heterocycles. The summed E-state index contributed by atoms with van der Waals surface area (Å²) in [6.07, 6.45) is 0. The molecule has 2 aromatic carbocycles. The maximum absolute atomic E-state index is 8.97. The van der Waals surface area contributed by atoms with Crippen molar-refractivity contribution in [1.29, 1.82) is 5.26 Å². The average molecular weight is 378 g/mol. The van der Waals surface area contributed by atoms with Gasteiger partial charge in [-0.1, -0.05) is 31.2 Å². The third-order valence-corrected chi connectivity index (χ3v) is 5.65. The summed E-state index contributed by atoms with van der Waals surface area (Å²) >= 11 is 1.66. The Morgan fingerprint density at radius 3 is 2.67 bits per heavy atom. The van der Waals surface area contributed by atoms with E-state index < -0.39 is 0 Å². The molecule has 0 bridgehead atoms. The molecule has 0 aliphatic rings. The molecule has 0 spiro atoms. The fourth-order valence-corrected chi connectivity index (χ4v) is 3.85. The van der Waals surface area contributed by atoms with Crippen LogP contribution in [0.1, 0.15) is 36.7 Å². The van der Waals surface area contributed by atoms with Crippen molar-refractivity contribution in [1.82, 2.24) is 9.88 Å². The maximum Gasteiger partial charge on any atom is 0.123 e. The molecule has 4 nitrogen and oxygen atoms in total. The van der Waals surface area contributed by atoms with E-state index in [0.29, 0.717) is 5.56 Å². The minimum atomic E-state index is 0.254. The van der Waals surface area contributed by atoms with Gasteiger partial charge in [0.15, 0.2) is 0 Å². The van der Waals surface area contributed by atoms with Gasteiger partial charge in [-0.2, -0.15) is 5.26 Å². The van der Waals surface area contributed by atoms with Gasteiger partial charge in [-0.15, -0.1) is 11.3 Å². The van der Waals surface area contributed by atoms with Crippen LogP contribution >= 0.6 is 11.3 Å². The summed E-state index contributed by atoms with van der Waals surface area (Å²) in [5, 5.41) is 12.1. The topological polar surface area (TPSA) is 49.1 Å². The number of methoxy groups -OCH3 is 1. The van der Waals surface area contributed by atoms with E-state index in [0.717, 1.165) is 35.1 Å². The second-order valence-electron chi connectivity index (χ2n) is 6.35. The lowest BCUT2D eigenvalue weighted by atomic mass is 10.0. The van der Waals surface area contributed by atoms with Crippen LogP contribution in [-0.4, -0.2) is 23.5 Å². The van der Waals surface area contributed by atoms with Crippen molar-refractivity contribution < 1.29 is 4.74 Å². The predicted octanol–water partition coefficient (Wildman–Crippen LogP) is 5.27. The number of ether oxygens (including phenoxy) is 1. The number of nitriles is 1. The maximum atomic E-state index is 8.97. The highest BCUT2D eigenvalue weighted by Crippen LogP contribution is 2.28. The Kier molecular flexibility index (Phi) is 6.23. The van der Waals surface area contributed by atoms with Gasteiger partial charge in [-0.05, 0) is 43.3 Å². The highest BCUT2D eigenvalue weighted by atomic mass is 32.1. The zero-order valence-electron chi connectivity index (χ0n) is 15.8. The quantitative estimate of drug-likeness (QED) is 0.562. The van der Waals surface area contributed by atoms with Crippen LogP contribution in [0.5, 0.6) is 5.75 Å². The SMILES string of the molecule is CCN(Cc1csc(-c2cccc(OC)c2)n1)C(C)c1ccc(C#N)cc1. The number of hydrogen-bond donors (Lipinski definition) is 0. The Morgan fingerprint density at radius 1 is 1.22 bits per heavy atom. The number of nitrogens with zero attached hydrogens (tertiary/aromatic N) is 3. The van der Waals surface area contributed by atoms with Gasteiger partial charge in [0.1, 0.15) is 10.8 Å². The Labute approximate surface area is 164 Å². The Bertz CT molecular complexity index is 927. The van der Waals surface area contributed by atoms with E-state index in [1.54, 1.807) is 18.4 Å². The summed E-state index contributed by atoms with van der Waals surface area (Å²) in [6, 6.07) is 18.3. The van der Waals surface area contributed by atoms with Crippen molar-refractivity contribution >= 4 is 11.3 Å². The number of hydrogen-bond acceptors (Lipinski definition) is 5. The highest BCUT2D eigenvalue weighted by Gasteiger charge is 2.16. The van der Waals surface area contributed by atoms with Gasteiger partial charge in [-0.3, -0.25) is 4.90 Å². The Balaban J connectivity index is 1.74. The van der Waals surface area contributed by atoms with E-state index in [1.165, 1.54) is 5.56 Å². The lowest BCUT2D eigenvalue weighted by Crippen LogP contribution is -2.26. The van der Waals surface area contributed by atoms with E-state index >= 15 is 0 Å². The molecule has 0 aliphatic carbocycles. The molecule has 0 amide bonds. The van der Waals surface area contributed by atoms with Crippen LogP contribution in [0.25, 0.3) is 10.6 Å². The summed E-state index contributed by atoms with van der Waals surface area (Å²) in [6.45, 7) is 6.07. The van der Waals surface area contributed by atoms with Gasteiger partial charge in [0.05, 0.1) is 24.4 Å². The van der Waals surface area contributed by atoms with Gasteiger partial charge in [-0.25, -0.2) is 4.98 Å². The van der Waals surface area contributed by atoms with Gasteiger partial charge in [0.2, 0.25) is 0 Å². The van der Waals surface area contributed by atoms with Gasteiger partial charge in [0.25, 0.3) is 0 Å². The molecule has 1 unspecified atom stereocenters. The molecule has 1 aromatic heterocycles. The molecule has 138 valence electrons. The molecule has 1 atom stereocenters. The second-order valence-corrected chi connectivity index (χ2v) is 7.21. The highest BCUT2D eigenvalue weighted by molar-refractivity contribution is 7.13. The van der Waals surface area contributed by atoms with Crippen LogP contribution in [-0.2, 0) is 6.54 Å². The molecule has 0 saturated carbocycles. The van der Waals surface area contributed by atoms with Gasteiger partial charge < -0.3 is 4.74 Å². The molecule has 0 N–H and O–H groups in total. The second kappa shape index (κ2) is 8.81. The lowest BCUT2D eigenvalue weighted by Gasteiger charge is -2.27. The fourth-order valence-electron chi connectivity index (χ4n) is 3.05. The molecular weight excluding hydrogens is 354 g/mol. The predicted molar refractivity (Wildman–Crippen MR) is 110 cm³/mol. The number of benzene rings is 2. The molecule has 3 rings (SSSR count). The van der Waals surface area contributed by atoms with Crippen molar-refractivity contribution in [3.05, 3.63) is 70.7 Å². The lowest BCUT2D eigenvalue weighted by molar-refractivity contribution is 0.211. The molecule has 0 radical (unpaired) electrons. The van der Waals surface area contributed by atoms with E-state index in [-0.39, 0.29) is 6.04 Å². The molecule has 5 heteroatoms. The zero-order valence-corrected chi connectivity index (χ0v) is 16.7. The van der Waals surface area contributed by atoms with Crippen molar-refractivity contribution in [3.8, 4) is 22.4 Å². The first-order chi connectivity index (χ1) is 13.1. The minimum absolute atomic E-state index is 0.254. The zero-order chi connectivity index (χ0) is 19.2. The average Bonchev–Trinajstić information content (AvgIpc) is 3.20. The first-order valence-electron chi connectivity index (χ1n) is 8.97. The Hall–Kier alpha value is -2.68. The van der Waals surface area contributed by atoms with Crippen molar-refractivity contribution in [3.63, 3.8) is 0 Å². The normalized spacial score (nSPS) is 12.0. The molecular formula is C22H23N3OS. The molecule has 27 heavy (non-hydrogen) atoms. The van der Waals surface area contributed by atoms with Crippen LogP contribution in [0.15, 0.2) is 53.9 Å². The van der Waals surface area contributed by atoms with Crippen LogP contribution in [0.3, 0.4) is 0 Å². The van der Waals surface area contributed by atoms with Crippen molar-refractivity contribution in [2.75, 3.05) is 13.7 Å². The smallest absolute Gasteiger partial charge is 0.123 e. The first-order valence-corrected chi connectivity index (χ1v) is 9.85. The van der Waals surface area contributed by atoms with Crippen LogP contribution in [0.2, 0.25) is 0 Å². The standard InChI is InChI=1S/C22H23N3OS/c1-4-25(16(2)18-10-8-17(13-23)9-11-18)14-20-15-27-22(24-20)19-6-5-7-21(12-19)26-3/h5-12,15-16H,4,14H2,1-3H3. The van der Waals surface area contributed by atoms with Crippen molar-refractivity contribution in [2.45, 2.75) is 26.4 Å².